The number of fused-ring (bicyclic) bond motifs is 1. The minimum atomic E-state index is -4.38. The van der Waals surface area contributed by atoms with Gasteiger partial charge in [0, 0.05) is 18.3 Å². The molecule has 1 N–H and O–H groups in total. The van der Waals surface area contributed by atoms with Crippen LogP contribution in [0.3, 0.4) is 0 Å². The molecule has 0 saturated carbocycles. The van der Waals surface area contributed by atoms with Gasteiger partial charge >= 0.3 is 6.18 Å². The summed E-state index contributed by atoms with van der Waals surface area (Å²) < 4.78 is 42.4. The molecule has 0 radical (unpaired) electrons. The number of carbonyl (C=O) groups is 1. The minimum absolute atomic E-state index is 0.0198. The van der Waals surface area contributed by atoms with E-state index in [9.17, 15) is 18.0 Å². The molecule has 0 aliphatic rings. The standard InChI is InChI=1S/C17H23F3N4O2/c1-10(2)14-7-12(13-8-22-24(11(3)4)15(13)23-14)16(25)21-5-6-26-9-17(18,19)20/h7-8,10-11H,5-6,9H2,1-4H3,(H,21,25). The van der Waals surface area contributed by atoms with Crippen molar-refractivity contribution in [3.63, 3.8) is 0 Å². The van der Waals surface area contributed by atoms with E-state index in [1.165, 1.54) is 0 Å². The number of alkyl halides is 3. The average molecular weight is 372 g/mol. The predicted octanol–water partition coefficient (Wildman–Crippen LogP) is 3.44. The maximum absolute atomic E-state index is 12.5. The number of carbonyl (C=O) groups excluding carboxylic acids is 1. The Morgan fingerprint density at radius 3 is 2.58 bits per heavy atom. The van der Waals surface area contributed by atoms with Crippen LogP contribution >= 0.6 is 0 Å². The fourth-order valence-corrected chi connectivity index (χ4v) is 2.42. The highest BCUT2D eigenvalue weighted by atomic mass is 19.4. The van der Waals surface area contributed by atoms with Gasteiger partial charge in [-0.15, -0.1) is 0 Å². The largest absolute Gasteiger partial charge is 0.411 e. The molecule has 9 heteroatoms. The van der Waals surface area contributed by atoms with E-state index < -0.39 is 18.7 Å². The molecule has 2 rings (SSSR count). The fourth-order valence-electron chi connectivity index (χ4n) is 2.42. The third kappa shape index (κ3) is 4.94. The lowest BCUT2D eigenvalue weighted by Crippen LogP contribution is -2.29. The molecule has 6 nitrogen and oxygen atoms in total. The van der Waals surface area contributed by atoms with Crippen LogP contribution in [0.1, 0.15) is 55.7 Å². The van der Waals surface area contributed by atoms with Crippen LogP contribution in [0.15, 0.2) is 12.3 Å². The number of pyridine rings is 1. The molecule has 0 aliphatic carbocycles. The summed E-state index contributed by atoms with van der Waals surface area (Å²) >= 11 is 0. The number of hydrogen-bond acceptors (Lipinski definition) is 4. The highest BCUT2D eigenvalue weighted by Gasteiger charge is 2.27. The molecule has 0 aliphatic heterocycles. The first-order chi connectivity index (χ1) is 12.1. The van der Waals surface area contributed by atoms with Gasteiger partial charge in [0.1, 0.15) is 6.61 Å². The number of amides is 1. The third-order valence-electron chi connectivity index (χ3n) is 3.71. The summed E-state index contributed by atoms with van der Waals surface area (Å²) in [6.45, 7) is 6.30. The zero-order chi connectivity index (χ0) is 19.5. The minimum Gasteiger partial charge on any atom is -0.370 e. The van der Waals surface area contributed by atoms with Gasteiger partial charge in [-0.3, -0.25) is 4.79 Å². The lowest BCUT2D eigenvalue weighted by molar-refractivity contribution is -0.173. The molecule has 2 heterocycles. The lowest BCUT2D eigenvalue weighted by Gasteiger charge is -2.12. The summed E-state index contributed by atoms with van der Waals surface area (Å²) in [6, 6.07) is 1.78. The van der Waals surface area contributed by atoms with Gasteiger partial charge in [-0.1, -0.05) is 13.8 Å². The Hall–Kier alpha value is -2.16. The number of hydrogen-bond donors (Lipinski definition) is 1. The number of nitrogens with zero attached hydrogens (tertiary/aromatic N) is 3. The predicted molar refractivity (Wildman–Crippen MR) is 91.2 cm³/mol. The monoisotopic (exact) mass is 372 g/mol. The van der Waals surface area contributed by atoms with Crippen molar-refractivity contribution in [2.45, 2.75) is 45.8 Å². The third-order valence-corrected chi connectivity index (χ3v) is 3.71. The Kier molecular flexibility index (Phi) is 6.22. The van der Waals surface area contributed by atoms with Crippen molar-refractivity contribution in [3.8, 4) is 0 Å². The van der Waals surface area contributed by atoms with Gasteiger partial charge < -0.3 is 10.1 Å². The zero-order valence-corrected chi connectivity index (χ0v) is 15.2. The van der Waals surface area contributed by atoms with E-state index in [1.807, 2.05) is 27.7 Å². The van der Waals surface area contributed by atoms with Gasteiger partial charge in [0.05, 0.1) is 23.8 Å². The number of ether oxygens (including phenoxy) is 1. The van der Waals surface area contributed by atoms with Crippen molar-refractivity contribution in [1.29, 1.82) is 0 Å². The Balaban J connectivity index is 2.18. The molecule has 0 fully saturated rings. The van der Waals surface area contributed by atoms with Crippen LogP contribution < -0.4 is 5.32 Å². The molecule has 2 aromatic rings. The molecular weight excluding hydrogens is 349 g/mol. The second-order valence-corrected chi connectivity index (χ2v) is 6.59. The molecule has 0 saturated heterocycles. The van der Waals surface area contributed by atoms with E-state index in [4.69, 9.17) is 0 Å². The molecule has 0 spiro atoms. The van der Waals surface area contributed by atoms with E-state index >= 15 is 0 Å². The van der Waals surface area contributed by atoms with Crippen LogP contribution in [0.5, 0.6) is 0 Å². The molecule has 0 bridgehead atoms. The van der Waals surface area contributed by atoms with Crippen molar-refractivity contribution in [3.05, 3.63) is 23.5 Å². The van der Waals surface area contributed by atoms with E-state index in [1.54, 1.807) is 16.9 Å². The Labute approximate surface area is 149 Å². The number of rotatable bonds is 7. The molecule has 0 unspecified atom stereocenters. The van der Waals surface area contributed by atoms with E-state index in [0.717, 1.165) is 5.69 Å². The SMILES string of the molecule is CC(C)c1cc(C(=O)NCCOCC(F)(F)F)c2cnn(C(C)C)c2n1. The first-order valence-electron chi connectivity index (χ1n) is 8.41. The highest BCUT2D eigenvalue weighted by molar-refractivity contribution is 6.05. The van der Waals surface area contributed by atoms with Crippen LogP contribution in [0.2, 0.25) is 0 Å². The molecule has 144 valence electrons. The molecule has 0 atom stereocenters. The first-order valence-corrected chi connectivity index (χ1v) is 8.41. The molecular formula is C17H23F3N4O2. The van der Waals surface area contributed by atoms with Gasteiger partial charge in [-0.2, -0.15) is 18.3 Å². The first kappa shape index (κ1) is 20.2. The van der Waals surface area contributed by atoms with E-state index in [2.05, 4.69) is 20.1 Å². The van der Waals surface area contributed by atoms with Gasteiger partial charge in [-0.05, 0) is 25.8 Å². The summed E-state index contributed by atoms with van der Waals surface area (Å²) in [7, 11) is 0. The van der Waals surface area contributed by atoms with Crippen LogP contribution in [0, 0.1) is 0 Å². The van der Waals surface area contributed by atoms with Crippen LogP contribution in [-0.4, -0.2) is 46.6 Å². The van der Waals surface area contributed by atoms with Crippen molar-refractivity contribution in [2.75, 3.05) is 19.8 Å². The number of nitrogens with one attached hydrogen (secondary N) is 1. The van der Waals surface area contributed by atoms with Crippen molar-refractivity contribution in [1.82, 2.24) is 20.1 Å². The number of aromatic nitrogens is 3. The quantitative estimate of drug-likeness (QED) is 0.756. The summed E-state index contributed by atoms with van der Waals surface area (Å²) in [5.74, 6) is -0.283. The normalized spacial score (nSPS) is 12.3. The molecule has 2 aromatic heterocycles. The summed E-state index contributed by atoms with van der Waals surface area (Å²) in [4.78, 5) is 17.1. The summed E-state index contributed by atoms with van der Waals surface area (Å²) in [5.41, 5.74) is 1.77. The maximum Gasteiger partial charge on any atom is 0.411 e. The zero-order valence-electron chi connectivity index (χ0n) is 15.2. The van der Waals surface area contributed by atoms with E-state index in [-0.39, 0.29) is 25.1 Å². The van der Waals surface area contributed by atoms with Gasteiger partial charge in [-0.25, -0.2) is 9.67 Å². The molecule has 26 heavy (non-hydrogen) atoms. The van der Waals surface area contributed by atoms with Gasteiger partial charge in [0.25, 0.3) is 5.91 Å². The van der Waals surface area contributed by atoms with Gasteiger partial charge in [0.15, 0.2) is 5.65 Å². The molecule has 1 amide bonds. The van der Waals surface area contributed by atoms with Crippen LogP contribution in [-0.2, 0) is 4.74 Å². The van der Waals surface area contributed by atoms with Crippen molar-refractivity contribution >= 4 is 16.9 Å². The second kappa shape index (κ2) is 8.03. The smallest absolute Gasteiger partial charge is 0.370 e. The number of halogens is 3. The second-order valence-electron chi connectivity index (χ2n) is 6.59. The van der Waals surface area contributed by atoms with Crippen LogP contribution in [0.25, 0.3) is 11.0 Å². The Morgan fingerprint density at radius 2 is 2.00 bits per heavy atom. The highest BCUT2D eigenvalue weighted by Crippen LogP contribution is 2.24. The van der Waals surface area contributed by atoms with Crippen LogP contribution in [0.4, 0.5) is 13.2 Å². The summed E-state index contributed by atoms with van der Waals surface area (Å²) in [5, 5.41) is 7.49. The summed E-state index contributed by atoms with van der Waals surface area (Å²) in [6.07, 6.45) is -2.79. The fraction of sp³-hybridized carbons (Fsp3) is 0.588. The Morgan fingerprint density at radius 1 is 1.31 bits per heavy atom. The van der Waals surface area contributed by atoms with Crippen molar-refractivity contribution in [2.24, 2.45) is 0 Å². The van der Waals surface area contributed by atoms with Crippen molar-refractivity contribution < 1.29 is 22.7 Å². The van der Waals surface area contributed by atoms with E-state index in [0.29, 0.717) is 16.6 Å². The van der Waals surface area contributed by atoms with Gasteiger partial charge in [0.2, 0.25) is 0 Å². The lowest BCUT2D eigenvalue weighted by atomic mass is 10.0. The Bertz CT molecular complexity index is 769. The maximum atomic E-state index is 12.5. The topological polar surface area (TPSA) is 69.0 Å². The molecule has 0 aromatic carbocycles. The average Bonchev–Trinajstić information content (AvgIpc) is 2.96.